The summed E-state index contributed by atoms with van der Waals surface area (Å²) in [6, 6.07) is 1.72. The van der Waals surface area contributed by atoms with Gasteiger partial charge in [-0.15, -0.1) is 0 Å². The zero-order valence-corrected chi connectivity index (χ0v) is 4.61. The van der Waals surface area contributed by atoms with Gasteiger partial charge in [-0.3, -0.25) is 0 Å². The predicted octanol–water partition coefficient (Wildman–Crippen LogP) is 1.18. The van der Waals surface area contributed by atoms with Crippen molar-refractivity contribution in [3.8, 4) is 6.19 Å². The van der Waals surface area contributed by atoms with Crippen LogP contribution < -0.4 is 0 Å². The Kier molecular flexibility index (Phi) is 1.66. The van der Waals surface area contributed by atoms with Gasteiger partial charge in [-0.25, -0.2) is 0 Å². The van der Waals surface area contributed by atoms with E-state index < -0.39 is 0 Å². The maximum atomic E-state index is 7.99. The summed E-state index contributed by atoms with van der Waals surface area (Å²) >= 11 is 0. The zero-order chi connectivity index (χ0) is 6.53. The van der Waals surface area contributed by atoms with Crippen LogP contribution >= 0.6 is 0 Å². The topological polar surface area (TPSA) is 49.3 Å². The van der Waals surface area contributed by atoms with Crippen molar-refractivity contribution in [3.05, 3.63) is 24.2 Å². The summed E-state index contributed by atoms with van der Waals surface area (Å²) < 4.78 is 4.71. The Morgan fingerprint density at radius 2 is 2.67 bits per heavy atom. The van der Waals surface area contributed by atoms with Crippen LogP contribution in [0.2, 0.25) is 0 Å². The van der Waals surface area contributed by atoms with Crippen LogP contribution in [0, 0.1) is 11.5 Å². The van der Waals surface area contributed by atoms with Crippen molar-refractivity contribution in [2.24, 2.45) is 4.99 Å². The van der Waals surface area contributed by atoms with Gasteiger partial charge in [-0.2, -0.15) is 10.3 Å². The Hall–Kier alpha value is -1.56. The summed E-state index contributed by atoms with van der Waals surface area (Å²) in [7, 11) is 0. The monoisotopic (exact) mass is 120 g/mol. The van der Waals surface area contributed by atoms with Gasteiger partial charge >= 0.3 is 0 Å². The van der Waals surface area contributed by atoms with Crippen LogP contribution in [-0.4, -0.2) is 6.21 Å². The fourth-order valence-electron chi connectivity index (χ4n) is 0.452. The minimum Gasteiger partial charge on any atom is -0.472 e. The smallest absolute Gasteiger partial charge is 0.205 e. The van der Waals surface area contributed by atoms with Crippen LogP contribution in [0.5, 0.6) is 0 Å². The minimum atomic E-state index is 0.802. The standard InChI is InChI=1S/C6H4N2O/c7-5-8-3-6-1-2-9-4-6/h1-4H. The van der Waals surface area contributed by atoms with Crippen LogP contribution in [0.25, 0.3) is 0 Å². The highest BCUT2D eigenvalue weighted by atomic mass is 16.3. The summed E-state index contributed by atoms with van der Waals surface area (Å²) in [6.07, 6.45) is 6.11. The van der Waals surface area contributed by atoms with Crippen molar-refractivity contribution in [1.29, 1.82) is 5.26 Å². The van der Waals surface area contributed by atoms with Crippen LogP contribution in [0.15, 0.2) is 28.0 Å². The van der Waals surface area contributed by atoms with Crippen molar-refractivity contribution in [2.45, 2.75) is 0 Å². The fourth-order valence-corrected chi connectivity index (χ4v) is 0.452. The molecule has 0 aliphatic rings. The molecule has 0 saturated heterocycles. The molecule has 0 bridgehead atoms. The molecule has 0 atom stereocenters. The fraction of sp³-hybridized carbons (Fsp3) is 0. The van der Waals surface area contributed by atoms with E-state index in [2.05, 4.69) is 4.99 Å². The molecule has 0 radical (unpaired) electrons. The second-order valence-corrected chi connectivity index (χ2v) is 1.41. The summed E-state index contributed by atoms with van der Waals surface area (Å²) in [4.78, 5) is 3.33. The quantitative estimate of drug-likeness (QED) is 0.412. The maximum Gasteiger partial charge on any atom is 0.205 e. The first-order valence-corrected chi connectivity index (χ1v) is 2.38. The second-order valence-electron chi connectivity index (χ2n) is 1.41. The molecule has 0 aliphatic heterocycles. The van der Waals surface area contributed by atoms with E-state index in [1.807, 2.05) is 0 Å². The first-order valence-electron chi connectivity index (χ1n) is 2.38. The number of nitriles is 1. The van der Waals surface area contributed by atoms with E-state index >= 15 is 0 Å². The lowest BCUT2D eigenvalue weighted by molar-refractivity contribution is 0.567. The van der Waals surface area contributed by atoms with Crippen LogP contribution in [0.1, 0.15) is 5.56 Å². The van der Waals surface area contributed by atoms with E-state index in [-0.39, 0.29) is 0 Å². The van der Waals surface area contributed by atoms with E-state index in [0.29, 0.717) is 0 Å². The van der Waals surface area contributed by atoms with Crippen LogP contribution in [0.3, 0.4) is 0 Å². The van der Waals surface area contributed by atoms with Crippen molar-refractivity contribution < 1.29 is 4.42 Å². The molecule has 1 heterocycles. The summed E-state index contributed by atoms with van der Waals surface area (Å²) in [5.41, 5.74) is 0.802. The summed E-state index contributed by atoms with van der Waals surface area (Å²) in [5.74, 6) is 0. The van der Waals surface area contributed by atoms with Crippen LogP contribution in [-0.2, 0) is 0 Å². The van der Waals surface area contributed by atoms with Gasteiger partial charge in [0.25, 0.3) is 0 Å². The van der Waals surface area contributed by atoms with Crippen molar-refractivity contribution in [2.75, 3.05) is 0 Å². The number of aliphatic imine (C=N–C) groups is 1. The Morgan fingerprint density at radius 3 is 3.22 bits per heavy atom. The van der Waals surface area contributed by atoms with E-state index in [1.165, 1.54) is 18.7 Å². The van der Waals surface area contributed by atoms with Gasteiger partial charge in [-0.05, 0) is 6.07 Å². The normalized spacial score (nSPS) is 9.67. The first kappa shape index (κ1) is 5.57. The number of furan rings is 1. The number of hydrogen-bond donors (Lipinski definition) is 0. The molecular weight excluding hydrogens is 116 g/mol. The molecule has 1 aromatic heterocycles. The molecule has 0 saturated carbocycles. The van der Waals surface area contributed by atoms with Gasteiger partial charge in [0.2, 0.25) is 6.19 Å². The molecule has 1 rings (SSSR count). The van der Waals surface area contributed by atoms with Gasteiger partial charge in [0.1, 0.15) is 0 Å². The lowest BCUT2D eigenvalue weighted by Crippen LogP contribution is -1.69. The molecule has 0 amide bonds. The lowest BCUT2D eigenvalue weighted by atomic mass is 10.4. The number of rotatable bonds is 1. The molecular formula is C6H4N2O. The Balaban J connectivity index is 2.71. The highest BCUT2D eigenvalue weighted by Gasteiger charge is 1.84. The molecule has 0 fully saturated rings. The molecule has 0 N–H and O–H groups in total. The molecule has 9 heavy (non-hydrogen) atoms. The maximum absolute atomic E-state index is 7.99. The molecule has 0 aromatic carbocycles. The van der Waals surface area contributed by atoms with E-state index in [9.17, 15) is 0 Å². The van der Waals surface area contributed by atoms with E-state index in [0.717, 1.165) is 5.56 Å². The second kappa shape index (κ2) is 2.68. The van der Waals surface area contributed by atoms with Gasteiger partial charge in [0.05, 0.1) is 18.7 Å². The third kappa shape index (κ3) is 1.42. The first-order chi connectivity index (χ1) is 4.43. The van der Waals surface area contributed by atoms with Gasteiger partial charge in [0, 0.05) is 5.56 Å². The lowest BCUT2D eigenvalue weighted by Gasteiger charge is -1.71. The van der Waals surface area contributed by atoms with Crippen molar-refractivity contribution in [3.63, 3.8) is 0 Å². The SMILES string of the molecule is N#CN=Cc1ccoc1. The molecule has 0 unspecified atom stereocenters. The Morgan fingerprint density at radius 1 is 1.78 bits per heavy atom. The number of nitrogens with zero attached hydrogens (tertiary/aromatic N) is 2. The molecule has 0 spiro atoms. The molecule has 3 nitrogen and oxygen atoms in total. The van der Waals surface area contributed by atoms with Crippen molar-refractivity contribution in [1.82, 2.24) is 0 Å². The van der Waals surface area contributed by atoms with Gasteiger partial charge in [0.15, 0.2) is 0 Å². The third-order valence-electron chi connectivity index (χ3n) is 0.815. The van der Waals surface area contributed by atoms with Crippen LogP contribution in [0.4, 0.5) is 0 Å². The highest BCUT2D eigenvalue weighted by Crippen LogP contribution is 1.94. The largest absolute Gasteiger partial charge is 0.472 e. The highest BCUT2D eigenvalue weighted by molar-refractivity contribution is 5.79. The Labute approximate surface area is 52.2 Å². The summed E-state index contributed by atoms with van der Waals surface area (Å²) in [6.45, 7) is 0. The number of hydrogen-bond acceptors (Lipinski definition) is 3. The third-order valence-corrected chi connectivity index (χ3v) is 0.815. The molecule has 3 heteroatoms. The van der Waals surface area contributed by atoms with Gasteiger partial charge in [-0.1, -0.05) is 0 Å². The predicted molar refractivity (Wildman–Crippen MR) is 31.9 cm³/mol. The summed E-state index contributed by atoms with van der Waals surface area (Å²) in [5, 5.41) is 7.99. The Bertz CT molecular complexity index is 230. The zero-order valence-electron chi connectivity index (χ0n) is 4.61. The van der Waals surface area contributed by atoms with E-state index in [4.69, 9.17) is 9.68 Å². The average molecular weight is 120 g/mol. The minimum absolute atomic E-state index is 0.802. The average Bonchev–Trinajstić information content (AvgIpc) is 2.34. The molecule has 44 valence electrons. The van der Waals surface area contributed by atoms with Crippen molar-refractivity contribution >= 4 is 6.21 Å². The molecule has 0 aliphatic carbocycles. The van der Waals surface area contributed by atoms with E-state index in [1.54, 1.807) is 12.3 Å². The molecule has 1 aromatic rings. The van der Waals surface area contributed by atoms with Gasteiger partial charge < -0.3 is 4.42 Å².